The van der Waals surface area contributed by atoms with Crippen LogP contribution in [-0.2, 0) is 0 Å². The summed E-state index contributed by atoms with van der Waals surface area (Å²) < 4.78 is 0.887. The van der Waals surface area contributed by atoms with Gasteiger partial charge in [-0.05, 0) is 24.3 Å². The smallest absolute Gasteiger partial charge is 0.270 e. The lowest BCUT2D eigenvalue weighted by Gasteiger charge is -2.07. The number of non-ortho nitro benzene ring substituents is 1. The van der Waals surface area contributed by atoms with Crippen LogP contribution in [0, 0.1) is 10.1 Å². The standard InChI is InChI=1S/C13H8BrN3O2/c14-7-1-3-11-9(5-7)13(15)10-6-8(17(18)19)2-4-12(10)16-11/h1-6H,(H2,15,16). The number of hydrogen-bond donors (Lipinski definition) is 1. The SMILES string of the molecule is Nc1c2cc(Br)ccc2nc2ccc([N+](=O)[O-])cc12. The molecule has 0 aliphatic heterocycles. The second-order valence-corrected chi connectivity index (χ2v) is 5.06. The normalized spacial score (nSPS) is 11.0. The Morgan fingerprint density at radius 1 is 1.11 bits per heavy atom. The lowest BCUT2D eigenvalue weighted by atomic mass is 10.1. The van der Waals surface area contributed by atoms with Crippen molar-refractivity contribution in [2.24, 2.45) is 0 Å². The van der Waals surface area contributed by atoms with Gasteiger partial charge in [-0.25, -0.2) is 4.98 Å². The summed E-state index contributed by atoms with van der Waals surface area (Å²) in [6, 6.07) is 10.1. The van der Waals surface area contributed by atoms with E-state index in [1.54, 1.807) is 6.07 Å². The average molecular weight is 318 g/mol. The minimum Gasteiger partial charge on any atom is -0.398 e. The summed E-state index contributed by atoms with van der Waals surface area (Å²) in [5.74, 6) is 0. The molecule has 5 nitrogen and oxygen atoms in total. The van der Waals surface area contributed by atoms with Gasteiger partial charge in [0.05, 0.1) is 21.6 Å². The quantitative estimate of drug-likeness (QED) is 0.422. The molecule has 0 saturated carbocycles. The van der Waals surface area contributed by atoms with Gasteiger partial charge in [0.15, 0.2) is 0 Å². The van der Waals surface area contributed by atoms with E-state index in [1.807, 2.05) is 18.2 Å². The minimum atomic E-state index is -0.440. The predicted octanol–water partition coefficient (Wildman–Crippen LogP) is 3.64. The molecule has 1 heterocycles. The van der Waals surface area contributed by atoms with Crippen LogP contribution in [-0.4, -0.2) is 9.91 Å². The summed E-state index contributed by atoms with van der Waals surface area (Å²) in [4.78, 5) is 14.8. The van der Waals surface area contributed by atoms with Crippen LogP contribution in [0.15, 0.2) is 40.9 Å². The first-order valence-electron chi connectivity index (χ1n) is 5.49. The molecule has 0 radical (unpaired) electrons. The Hall–Kier alpha value is -2.21. The van der Waals surface area contributed by atoms with Crippen molar-refractivity contribution in [1.29, 1.82) is 0 Å². The number of hydrogen-bond acceptors (Lipinski definition) is 4. The van der Waals surface area contributed by atoms with E-state index in [2.05, 4.69) is 20.9 Å². The molecule has 6 heteroatoms. The molecule has 0 amide bonds. The molecule has 0 aliphatic carbocycles. The van der Waals surface area contributed by atoms with Crippen molar-refractivity contribution < 1.29 is 4.92 Å². The molecular formula is C13H8BrN3O2. The van der Waals surface area contributed by atoms with Crippen molar-refractivity contribution in [2.45, 2.75) is 0 Å². The predicted molar refractivity (Wildman–Crippen MR) is 78.0 cm³/mol. The first-order chi connectivity index (χ1) is 9.06. The van der Waals surface area contributed by atoms with Crippen molar-refractivity contribution in [3.63, 3.8) is 0 Å². The molecule has 2 aromatic carbocycles. The number of pyridine rings is 1. The van der Waals surface area contributed by atoms with Crippen LogP contribution in [0.4, 0.5) is 11.4 Å². The monoisotopic (exact) mass is 317 g/mol. The third-order valence-corrected chi connectivity index (χ3v) is 3.46. The maximum Gasteiger partial charge on any atom is 0.270 e. The summed E-state index contributed by atoms with van der Waals surface area (Å²) >= 11 is 3.38. The van der Waals surface area contributed by atoms with Crippen molar-refractivity contribution in [3.8, 4) is 0 Å². The van der Waals surface area contributed by atoms with Gasteiger partial charge in [-0.2, -0.15) is 0 Å². The fourth-order valence-electron chi connectivity index (χ4n) is 2.05. The Morgan fingerprint density at radius 3 is 2.42 bits per heavy atom. The van der Waals surface area contributed by atoms with Crippen LogP contribution in [0.5, 0.6) is 0 Å². The fraction of sp³-hybridized carbons (Fsp3) is 0. The number of nitro groups is 1. The van der Waals surface area contributed by atoms with E-state index in [4.69, 9.17) is 5.73 Å². The second-order valence-electron chi connectivity index (χ2n) is 4.15. The highest BCUT2D eigenvalue weighted by Crippen LogP contribution is 2.32. The lowest BCUT2D eigenvalue weighted by molar-refractivity contribution is -0.384. The zero-order valence-electron chi connectivity index (χ0n) is 9.63. The molecular weight excluding hydrogens is 310 g/mol. The molecule has 19 heavy (non-hydrogen) atoms. The number of anilines is 1. The topological polar surface area (TPSA) is 82.0 Å². The lowest BCUT2D eigenvalue weighted by Crippen LogP contribution is -1.94. The molecule has 3 aromatic rings. The van der Waals surface area contributed by atoms with Gasteiger partial charge in [-0.3, -0.25) is 10.1 Å². The number of nitro benzene ring substituents is 1. The van der Waals surface area contributed by atoms with Crippen LogP contribution in [0.25, 0.3) is 21.8 Å². The summed E-state index contributed by atoms with van der Waals surface area (Å²) in [6.07, 6.45) is 0. The average Bonchev–Trinajstić information content (AvgIpc) is 2.39. The largest absolute Gasteiger partial charge is 0.398 e. The number of rotatable bonds is 1. The van der Waals surface area contributed by atoms with E-state index in [0.717, 1.165) is 15.4 Å². The number of aromatic nitrogens is 1. The summed E-state index contributed by atoms with van der Waals surface area (Å²) in [6.45, 7) is 0. The van der Waals surface area contributed by atoms with Gasteiger partial charge >= 0.3 is 0 Å². The highest BCUT2D eigenvalue weighted by molar-refractivity contribution is 9.10. The maximum atomic E-state index is 10.8. The first kappa shape index (κ1) is 11.9. The Labute approximate surface area is 116 Å². The van der Waals surface area contributed by atoms with Crippen molar-refractivity contribution in [3.05, 3.63) is 51.0 Å². The van der Waals surface area contributed by atoms with Crippen LogP contribution in [0.2, 0.25) is 0 Å². The van der Waals surface area contributed by atoms with Crippen LogP contribution >= 0.6 is 15.9 Å². The first-order valence-corrected chi connectivity index (χ1v) is 6.28. The molecule has 3 rings (SSSR count). The van der Waals surface area contributed by atoms with Crippen LogP contribution in [0.1, 0.15) is 0 Å². The summed E-state index contributed by atoms with van der Waals surface area (Å²) in [5, 5.41) is 12.2. The summed E-state index contributed by atoms with van der Waals surface area (Å²) in [5.41, 5.74) is 8.04. The summed E-state index contributed by atoms with van der Waals surface area (Å²) in [7, 11) is 0. The van der Waals surface area contributed by atoms with Crippen molar-refractivity contribution in [1.82, 2.24) is 4.98 Å². The molecule has 0 fully saturated rings. The van der Waals surface area contributed by atoms with Gasteiger partial charge in [-0.15, -0.1) is 0 Å². The van der Waals surface area contributed by atoms with Crippen molar-refractivity contribution >= 4 is 49.1 Å². The third kappa shape index (κ3) is 1.90. The van der Waals surface area contributed by atoms with Gasteiger partial charge in [0.1, 0.15) is 0 Å². The number of fused-ring (bicyclic) bond motifs is 2. The Morgan fingerprint density at radius 2 is 1.74 bits per heavy atom. The van der Waals surface area contributed by atoms with E-state index in [0.29, 0.717) is 16.6 Å². The molecule has 94 valence electrons. The number of benzene rings is 2. The molecule has 0 spiro atoms. The number of nitrogens with two attached hydrogens (primary N) is 1. The molecule has 1 aromatic heterocycles. The minimum absolute atomic E-state index is 0.00958. The third-order valence-electron chi connectivity index (χ3n) is 2.97. The Bertz CT molecular complexity index is 833. The van der Waals surface area contributed by atoms with E-state index < -0.39 is 4.92 Å². The number of nitrogens with zero attached hydrogens (tertiary/aromatic N) is 2. The molecule has 0 aliphatic rings. The van der Waals surface area contributed by atoms with Crippen LogP contribution < -0.4 is 5.73 Å². The molecule has 0 bridgehead atoms. The maximum absolute atomic E-state index is 10.8. The molecule has 2 N–H and O–H groups in total. The number of halogens is 1. The Balaban J connectivity index is 2.44. The van der Waals surface area contributed by atoms with E-state index in [9.17, 15) is 10.1 Å². The van der Waals surface area contributed by atoms with Gasteiger partial charge < -0.3 is 5.73 Å². The highest BCUT2D eigenvalue weighted by Gasteiger charge is 2.11. The molecule has 0 atom stereocenters. The zero-order chi connectivity index (χ0) is 13.6. The second kappa shape index (κ2) is 4.17. The van der Waals surface area contributed by atoms with Gasteiger partial charge in [0.2, 0.25) is 0 Å². The fourth-order valence-corrected chi connectivity index (χ4v) is 2.41. The Kier molecular flexibility index (Phi) is 2.60. The number of nitrogen functional groups attached to an aromatic ring is 1. The van der Waals surface area contributed by atoms with E-state index in [1.165, 1.54) is 12.1 Å². The van der Waals surface area contributed by atoms with E-state index >= 15 is 0 Å². The zero-order valence-corrected chi connectivity index (χ0v) is 11.2. The van der Waals surface area contributed by atoms with Gasteiger partial charge in [0, 0.05) is 27.4 Å². The van der Waals surface area contributed by atoms with Gasteiger partial charge in [0.25, 0.3) is 5.69 Å². The molecule has 0 unspecified atom stereocenters. The highest BCUT2D eigenvalue weighted by atomic mass is 79.9. The van der Waals surface area contributed by atoms with E-state index in [-0.39, 0.29) is 5.69 Å². The van der Waals surface area contributed by atoms with Crippen LogP contribution in [0.3, 0.4) is 0 Å². The van der Waals surface area contributed by atoms with Crippen molar-refractivity contribution in [2.75, 3.05) is 5.73 Å². The van der Waals surface area contributed by atoms with Gasteiger partial charge in [-0.1, -0.05) is 15.9 Å². The molecule has 0 saturated heterocycles.